The van der Waals surface area contributed by atoms with Crippen LogP contribution in [0.1, 0.15) is 35.4 Å². The minimum Gasteiger partial charge on any atom is -0.503 e. The molecule has 3 aromatic rings. The number of aromatic hydroxyl groups is 1. The molecule has 1 saturated carbocycles. The Kier molecular flexibility index (Phi) is 6.75. The molecule has 230 valence electrons. The molecule has 10 nitrogen and oxygen atoms in total. The number of allylic oxidation sites excluding steroid dienone is 2. The lowest BCUT2D eigenvalue weighted by Crippen LogP contribution is -2.53. The maximum absolute atomic E-state index is 15.0. The molecule has 3 N–H and O–H groups in total. The largest absolute Gasteiger partial charge is 0.503 e. The Hall–Kier alpha value is -4.67. The van der Waals surface area contributed by atoms with E-state index in [0.717, 1.165) is 10.6 Å². The summed E-state index contributed by atoms with van der Waals surface area (Å²) in [6.45, 7) is 1.93. The van der Waals surface area contributed by atoms with Crippen molar-refractivity contribution in [2.24, 2.45) is 23.7 Å². The van der Waals surface area contributed by atoms with E-state index in [-0.39, 0.29) is 34.4 Å². The van der Waals surface area contributed by atoms with E-state index >= 15 is 4.79 Å². The summed E-state index contributed by atoms with van der Waals surface area (Å²) in [5, 5.41) is 22.2. The number of hydrogen-bond acceptors (Lipinski definition) is 8. The Balaban J connectivity index is 1.49. The lowest BCUT2D eigenvalue weighted by Gasteiger charge is -2.50. The first kappa shape index (κ1) is 29.1. The van der Waals surface area contributed by atoms with Crippen molar-refractivity contribution in [3.8, 4) is 11.5 Å². The molecule has 11 heteroatoms. The number of hydroxylamine groups is 2. The van der Waals surface area contributed by atoms with Gasteiger partial charge in [-0.2, -0.15) is 10.1 Å². The summed E-state index contributed by atoms with van der Waals surface area (Å²) in [5.74, 6) is -6.72. The first-order valence-corrected chi connectivity index (χ1v) is 15.1. The number of fused-ring (bicyclic) bond motifs is 4. The fraction of sp³-hybridized carbons (Fsp3) is 0.294. The number of carbonyl (C=O) groups is 4. The third kappa shape index (κ3) is 4.05. The molecule has 7 rings (SSSR count). The summed E-state index contributed by atoms with van der Waals surface area (Å²) in [6.07, 6.45) is 2.12. The number of nitrogens with one attached hydrogen (secondary N) is 1. The number of aryl methyl sites for hydroxylation is 1. The Labute approximate surface area is 263 Å². The van der Waals surface area contributed by atoms with E-state index in [1.807, 2.05) is 43.3 Å². The number of anilines is 1. The minimum absolute atomic E-state index is 0.0133. The third-order valence-electron chi connectivity index (χ3n) is 9.97. The molecule has 6 atom stereocenters. The monoisotopic (exact) mass is 627 g/mol. The van der Waals surface area contributed by atoms with Gasteiger partial charge in [-0.1, -0.05) is 71.3 Å². The van der Waals surface area contributed by atoms with E-state index in [9.17, 15) is 24.7 Å². The topological polar surface area (TPSA) is 136 Å². The normalized spacial score (nSPS) is 28.9. The number of ether oxygens (including phenoxy) is 1. The number of phenolic OH excluding ortho intramolecular Hbond substituents is 1. The van der Waals surface area contributed by atoms with Crippen LogP contribution in [0.25, 0.3) is 0 Å². The number of halogens is 1. The second kappa shape index (κ2) is 10.5. The summed E-state index contributed by atoms with van der Waals surface area (Å²) < 4.78 is 5.45. The average Bonchev–Trinajstić information content (AvgIpc) is 3.40. The van der Waals surface area contributed by atoms with Gasteiger partial charge in [0, 0.05) is 5.92 Å². The van der Waals surface area contributed by atoms with Gasteiger partial charge >= 0.3 is 0 Å². The number of carbonyl (C=O) groups excluding carboxylic acids is 4. The maximum Gasteiger partial charge on any atom is 0.260 e. The first-order chi connectivity index (χ1) is 21.6. The van der Waals surface area contributed by atoms with E-state index in [0.29, 0.717) is 22.4 Å². The highest BCUT2D eigenvalue weighted by molar-refractivity contribution is 6.32. The van der Waals surface area contributed by atoms with Gasteiger partial charge in [-0.3, -0.25) is 29.8 Å². The predicted octanol–water partition coefficient (Wildman–Crippen LogP) is 4.74. The van der Waals surface area contributed by atoms with Gasteiger partial charge in [0.15, 0.2) is 11.5 Å². The van der Waals surface area contributed by atoms with Crippen molar-refractivity contribution < 1.29 is 34.2 Å². The molecule has 3 aromatic carbocycles. The van der Waals surface area contributed by atoms with Crippen LogP contribution in [0.15, 0.2) is 78.4 Å². The highest BCUT2D eigenvalue weighted by atomic mass is 35.5. The Morgan fingerprint density at radius 2 is 1.67 bits per heavy atom. The molecule has 2 heterocycles. The van der Waals surface area contributed by atoms with Crippen LogP contribution in [0, 0.1) is 30.6 Å². The molecule has 0 aromatic heterocycles. The Morgan fingerprint density at radius 3 is 2.36 bits per heavy atom. The van der Waals surface area contributed by atoms with Crippen LogP contribution in [-0.2, 0) is 24.6 Å². The summed E-state index contributed by atoms with van der Waals surface area (Å²) >= 11 is 6.53. The maximum atomic E-state index is 15.0. The van der Waals surface area contributed by atoms with Crippen molar-refractivity contribution in [3.63, 3.8) is 0 Å². The molecule has 2 saturated heterocycles. The molecule has 0 spiro atoms. The number of benzene rings is 3. The van der Waals surface area contributed by atoms with Crippen molar-refractivity contribution in [1.29, 1.82) is 0 Å². The molecule has 0 bridgehead atoms. The molecule has 0 radical (unpaired) electrons. The van der Waals surface area contributed by atoms with Crippen molar-refractivity contribution >= 4 is 40.9 Å². The fourth-order valence-corrected chi connectivity index (χ4v) is 8.24. The standard InChI is InChI=1S/C34H30ClN3O7/c1-17-8-10-20(11-9-17)36-37-31(41)24-16-23-21(12-13-22-27(23)32(42)38(44)30(22)40)28(18-14-25(35)29(39)26(15-18)45-2)34(24,33(37)43)19-6-4-3-5-7-19/h3-12,14-15,22-24,27-28,36,39,44H,13,16H2,1-2H3/t22-,23+,24-,27-,28-,34+/m0/s1. The summed E-state index contributed by atoms with van der Waals surface area (Å²) in [7, 11) is 1.38. The number of imide groups is 2. The number of amides is 4. The Bertz CT molecular complexity index is 1790. The molecule has 45 heavy (non-hydrogen) atoms. The van der Waals surface area contributed by atoms with Crippen molar-refractivity contribution in [2.75, 3.05) is 12.5 Å². The van der Waals surface area contributed by atoms with Crippen LogP contribution in [0.4, 0.5) is 5.69 Å². The molecule has 2 aliphatic heterocycles. The van der Waals surface area contributed by atoms with Gasteiger partial charge in [0.05, 0.1) is 41.0 Å². The van der Waals surface area contributed by atoms with Gasteiger partial charge in [0.25, 0.3) is 23.6 Å². The number of methoxy groups -OCH3 is 1. The smallest absolute Gasteiger partial charge is 0.260 e. The fourth-order valence-electron chi connectivity index (χ4n) is 8.02. The summed E-state index contributed by atoms with van der Waals surface area (Å²) in [6, 6.07) is 19.5. The molecule has 4 amide bonds. The summed E-state index contributed by atoms with van der Waals surface area (Å²) in [5.41, 5.74) is 4.86. The second-order valence-corrected chi connectivity index (χ2v) is 12.5. The number of phenols is 1. The van der Waals surface area contributed by atoms with Gasteiger partial charge in [-0.05, 0) is 61.1 Å². The number of hydrazine groups is 1. The van der Waals surface area contributed by atoms with Gasteiger partial charge in [0.1, 0.15) is 0 Å². The van der Waals surface area contributed by atoms with E-state index in [4.69, 9.17) is 16.3 Å². The third-order valence-corrected chi connectivity index (χ3v) is 10.3. The zero-order valence-corrected chi connectivity index (χ0v) is 25.2. The molecule has 4 aliphatic rings. The lowest BCUT2D eigenvalue weighted by molar-refractivity contribution is -0.173. The molecular weight excluding hydrogens is 598 g/mol. The van der Waals surface area contributed by atoms with Crippen molar-refractivity contribution in [2.45, 2.75) is 31.1 Å². The molecular formula is C34H30ClN3O7. The van der Waals surface area contributed by atoms with Gasteiger partial charge in [-0.25, -0.2) is 0 Å². The highest BCUT2D eigenvalue weighted by Crippen LogP contribution is 2.64. The van der Waals surface area contributed by atoms with Crippen LogP contribution in [0.2, 0.25) is 5.02 Å². The number of rotatable bonds is 5. The van der Waals surface area contributed by atoms with Crippen LogP contribution < -0.4 is 10.2 Å². The van der Waals surface area contributed by atoms with Crippen LogP contribution in [-0.4, -0.2) is 51.1 Å². The van der Waals surface area contributed by atoms with Crippen LogP contribution in [0.3, 0.4) is 0 Å². The van der Waals surface area contributed by atoms with E-state index in [2.05, 4.69) is 5.43 Å². The number of hydrogen-bond donors (Lipinski definition) is 3. The van der Waals surface area contributed by atoms with E-state index < -0.39 is 58.6 Å². The summed E-state index contributed by atoms with van der Waals surface area (Å²) in [4.78, 5) is 55.8. The SMILES string of the molecule is COc1cc([C@H]2C3=CC[C@@H]4C(=O)N(O)C(=O)[C@@H]4[C@@H]3C[C@H]3C(=O)N(Nc4ccc(C)cc4)C(=O)[C@@]23c2ccccc2)cc(Cl)c1O. The Morgan fingerprint density at radius 1 is 0.956 bits per heavy atom. The zero-order chi connectivity index (χ0) is 31.8. The number of nitrogens with zero attached hydrogens (tertiary/aromatic N) is 2. The molecule has 3 fully saturated rings. The highest BCUT2D eigenvalue weighted by Gasteiger charge is 2.70. The van der Waals surface area contributed by atoms with Gasteiger partial charge in [-0.15, -0.1) is 0 Å². The van der Waals surface area contributed by atoms with Crippen molar-refractivity contribution in [1.82, 2.24) is 10.1 Å². The lowest BCUT2D eigenvalue weighted by atomic mass is 9.49. The zero-order valence-electron chi connectivity index (χ0n) is 24.4. The predicted molar refractivity (Wildman–Crippen MR) is 162 cm³/mol. The quantitative estimate of drug-likeness (QED) is 0.210. The molecule has 2 aliphatic carbocycles. The van der Waals surface area contributed by atoms with E-state index in [1.54, 1.807) is 36.4 Å². The van der Waals surface area contributed by atoms with Gasteiger partial charge in [0.2, 0.25) is 0 Å². The minimum atomic E-state index is -1.50. The molecule has 0 unspecified atom stereocenters. The van der Waals surface area contributed by atoms with E-state index in [1.165, 1.54) is 7.11 Å². The van der Waals surface area contributed by atoms with Crippen molar-refractivity contribution in [3.05, 3.63) is 100 Å². The first-order valence-electron chi connectivity index (χ1n) is 14.7. The van der Waals surface area contributed by atoms with Crippen LogP contribution in [0.5, 0.6) is 11.5 Å². The average molecular weight is 628 g/mol. The second-order valence-electron chi connectivity index (χ2n) is 12.1. The van der Waals surface area contributed by atoms with Crippen LogP contribution >= 0.6 is 11.6 Å². The van der Waals surface area contributed by atoms with Gasteiger partial charge < -0.3 is 9.84 Å².